The van der Waals surface area contributed by atoms with Gasteiger partial charge in [0, 0.05) is 34.8 Å². The molecule has 3 rings (SSSR count). The normalized spacial score (nSPS) is 10.6. The number of aryl methyl sites for hydroxylation is 2. The minimum absolute atomic E-state index is 0.0732. The minimum Gasteiger partial charge on any atom is -0.326 e. The third-order valence-electron chi connectivity index (χ3n) is 4.12. The topological polar surface area (TPSA) is 64.0 Å². The quantitative estimate of drug-likeness (QED) is 0.636. The average Bonchev–Trinajstić information content (AvgIpc) is 2.66. The highest BCUT2D eigenvalue weighted by molar-refractivity contribution is 9.10. The third-order valence-corrected chi connectivity index (χ3v) is 4.64. The lowest BCUT2D eigenvalue weighted by Gasteiger charge is -2.08. The second-order valence-electron chi connectivity index (χ2n) is 6.30. The Bertz CT molecular complexity index is 980. The first kappa shape index (κ1) is 19.0. The number of hydrogen-bond donors (Lipinski definition) is 1. The van der Waals surface area contributed by atoms with Crippen LogP contribution in [-0.2, 0) is 11.3 Å². The molecule has 27 heavy (non-hydrogen) atoms. The van der Waals surface area contributed by atoms with E-state index in [0.717, 1.165) is 27.0 Å². The van der Waals surface area contributed by atoms with Crippen molar-refractivity contribution >= 4 is 27.5 Å². The van der Waals surface area contributed by atoms with E-state index in [0.29, 0.717) is 19.4 Å². The summed E-state index contributed by atoms with van der Waals surface area (Å²) in [6.45, 7) is 2.39. The molecule has 6 heteroatoms. The molecule has 5 nitrogen and oxygen atoms in total. The molecule has 1 amide bonds. The van der Waals surface area contributed by atoms with Gasteiger partial charge in [0.1, 0.15) is 0 Å². The smallest absolute Gasteiger partial charge is 0.266 e. The molecular formula is C21H20BrN3O2. The highest BCUT2D eigenvalue weighted by atomic mass is 79.9. The van der Waals surface area contributed by atoms with Crippen LogP contribution in [0.4, 0.5) is 5.69 Å². The highest BCUT2D eigenvalue weighted by Crippen LogP contribution is 2.18. The second kappa shape index (κ2) is 8.77. The zero-order valence-corrected chi connectivity index (χ0v) is 16.6. The Kier molecular flexibility index (Phi) is 6.19. The van der Waals surface area contributed by atoms with Crippen LogP contribution in [0.5, 0.6) is 0 Å². The fourth-order valence-corrected chi connectivity index (χ4v) is 2.90. The molecule has 0 fully saturated rings. The molecule has 3 aromatic rings. The standard InChI is InChI=1S/C21H20BrN3O2/c1-15-4-10-18(11-5-15)23-20(26)3-2-14-25-21(27)13-12-19(24-25)16-6-8-17(22)9-7-16/h4-13H,2-3,14H2,1H3,(H,23,26). The molecule has 1 heterocycles. The van der Waals surface area contributed by atoms with E-state index < -0.39 is 0 Å². The molecule has 0 aliphatic heterocycles. The van der Waals surface area contributed by atoms with Crippen LogP contribution in [-0.4, -0.2) is 15.7 Å². The van der Waals surface area contributed by atoms with Crippen molar-refractivity contribution in [1.82, 2.24) is 9.78 Å². The van der Waals surface area contributed by atoms with Crippen molar-refractivity contribution in [3.8, 4) is 11.3 Å². The van der Waals surface area contributed by atoms with Crippen molar-refractivity contribution in [3.05, 3.63) is 81.1 Å². The van der Waals surface area contributed by atoms with Gasteiger partial charge < -0.3 is 5.32 Å². The first-order valence-electron chi connectivity index (χ1n) is 8.72. The lowest BCUT2D eigenvalue weighted by molar-refractivity contribution is -0.116. The highest BCUT2D eigenvalue weighted by Gasteiger charge is 2.06. The molecule has 0 unspecified atom stereocenters. The van der Waals surface area contributed by atoms with Crippen LogP contribution in [0.2, 0.25) is 0 Å². The Morgan fingerprint density at radius 2 is 1.74 bits per heavy atom. The van der Waals surface area contributed by atoms with Crippen molar-refractivity contribution in [2.75, 3.05) is 5.32 Å². The molecule has 138 valence electrons. The van der Waals surface area contributed by atoms with Crippen LogP contribution in [0, 0.1) is 6.92 Å². The van der Waals surface area contributed by atoms with E-state index in [1.54, 1.807) is 6.07 Å². The molecule has 0 aliphatic rings. The molecule has 0 bridgehead atoms. The number of rotatable bonds is 6. The van der Waals surface area contributed by atoms with Gasteiger partial charge in [0.25, 0.3) is 5.56 Å². The van der Waals surface area contributed by atoms with E-state index in [2.05, 4.69) is 26.3 Å². The molecule has 1 N–H and O–H groups in total. The number of nitrogens with one attached hydrogen (secondary N) is 1. The van der Waals surface area contributed by atoms with Crippen molar-refractivity contribution in [3.63, 3.8) is 0 Å². The third kappa shape index (κ3) is 5.37. The van der Waals surface area contributed by atoms with Gasteiger partial charge in [-0.1, -0.05) is 45.8 Å². The summed E-state index contributed by atoms with van der Waals surface area (Å²) in [6, 6.07) is 18.6. The molecular weight excluding hydrogens is 406 g/mol. The van der Waals surface area contributed by atoms with Crippen molar-refractivity contribution in [1.29, 1.82) is 0 Å². The number of halogens is 1. The number of anilines is 1. The van der Waals surface area contributed by atoms with Gasteiger partial charge in [0.15, 0.2) is 0 Å². The number of hydrogen-bond acceptors (Lipinski definition) is 3. The van der Waals surface area contributed by atoms with Crippen LogP contribution in [0.15, 0.2) is 69.9 Å². The molecule has 0 aliphatic carbocycles. The summed E-state index contributed by atoms with van der Waals surface area (Å²) in [5.74, 6) is -0.0732. The Hall–Kier alpha value is -2.73. The van der Waals surface area contributed by atoms with Gasteiger partial charge in [-0.2, -0.15) is 5.10 Å². The summed E-state index contributed by atoms with van der Waals surface area (Å²) >= 11 is 3.41. The Labute approximate surface area is 166 Å². The Morgan fingerprint density at radius 1 is 1.04 bits per heavy atom. The van der Waals surface area contributed by atoms with Crippen LogP contribution in [0.25, 0.3) is 11.3 Å². The largest absolute Gasteiger partial charge is 0.326 e. The fourth-order valence-electron chi connectivity index (χ4n) is 2.63. The summed E-state index contributed by atoms with van der Waals surface area (Å²) in [5.41, 5.74) is 3.41. The summed E-state index contributed by atoms with van der Waals surface area (Å²) in [7, 11) is 0. The lowest BCUT2D eigenvalue weighted by atomic mass is 10.1. The van der Waals surface area contributed by atoms with E-state index in [1.807, 2.05) is 55.5 Å². The van der Waals surface area contributed by atoms with Crippen LogP contribution in [0.3, 0.4) is 0 Å². The summed E-state index contributed by atoms with van der Waals surface area (Å²) in [4.78, 5) is 24.1. The average molecular weight is 426 g/mol. The number of carbonyl (C=O) groups is 1. The zero-order valence-electron chi connectivity index (χ0n) is 15.0. The Morgan fingerprint density at radius 3 is 2.44 bits per heavy atom. The van der Waals surface area contributed by atoms with E-state index in [9.17, 15) is 9.59 Å². The maximum atomic E-state index is 12.1. The summed E-state index contributed by atoms with van der Waals surface area (Å²) < 4.78 is 2.40. The van der Waals surface area contributed by atoms with E-state index in [-0.39, 0.29) is 11.5 Å². The predicted molar refractivity (Wildman–Crippen MR) is 111 cm³/mol. The predicted octanol–water partition coefficient (Wildman–Crippen LogP) is 4.40. The van der Waals surface area contributed by atoms with Crippen LogP contribution in [0.1, 0.15) is 18.4 Å². The number of carbonyl (C=O) groups excluding carboxylic acids is 1. The maximum Gasteiger partial charge on any atom is 0.266 e. The first-order valence-corrected chi connectivity index (χ1v) is 9.51. The van der Waals surface area contributed by atoms with Gasteiger partial charge in [0.05, 0.1) is 5.69 Å². The molecule has 1 aromatic heterocycles. The van der Waals surface area contributed by atoms with Gasteiger partial charge in [-0.25, -0.2) is 4.68 Å². The fraction of sp³-hybridized carbons (Fsp3) is 0.190. The second-order valence-corrected chi connectivity index (χ2v) is 7.22. The molecule has 0 saturated heterocycles. The van der Waals surface area contributed by atoms with Gasteiger partial charge in [-0.3, -0.25) is 9.59 Å². The van der Waals surface area contributed by atoms with E-state index >= 15 is 0 Å². The Balaban J connectivity index is 1.59. The number of aromatic nitrogens is 2. The first-order chi connectivity index (χ1) is 13.0. The monoisotopic (exact) mass is 425 g/mol. The zero-order chi connectivity index (χ0) is 19.2. The maximum absolute atomic E-state index is 12.1. The minimum atomic E-state index is -0.171. The van der Waals surface area contributed by atoms with Crippen molar-refractivity contribution in [2.24, 2.45) is 0 Å². The van der Waals surface area contributed by atoms with Crippen LogP contribution < -0.4 is 10.9 Å². The van der Waals surface area contributed by atoms with Gasteiger partial charge >= 0.3 is 0 Å². The van der Waals surface area contributed by atoms with Crippen molar-refractivity contribution < 1.29 is 4.79 Å². The van der Waals surface area contributed by atoms with Gasteiger partial charge in [-0.15, -0.1) is 0 Å². The molecule has 2 aromatic carbocycles. The lowest BCUT2D eigenvalue weighted by Crippen LogP contribution is -2.23. The molecule has 0 atom stereocenters. The van der Waals surface area contributed by atoms with Gasteiger partial charge in [0.2, 0.25) is 5.91 Å². The molecule has 0 radical (unpaired) electrons. The van der Waals surface area contributed by atoms with Crippen molar-refractivity contribution in [2.45, 2.75) is 26.3 Å². The molecule has 0 saturated carbocycles. The van der Waals surface area contributed by atoms with E-state index in [1.165, 1.54) is 10.7 Å². The molecule has 0 spiro atoms. The van der Waals surface area contributed by atoms with Gasteiger partial charge in [-0.05, 0) is 43.7 Å². The van der Waals surface area contributed by atoms with E-state index in [4.69, 9.17) is 0 Å². The number of nitrogens with zero attached hydrogens (tertiary/aromatic N) is 2. The summed E-state index contributed by atoms with van der Waals surface area (Å²) in [5, 5.41) is 7.28. The summed E-state index contributed by atoms with van der Waals surface area (Å²) in [6.07, 6.45) is 0.860. The number of amides is 1. The SMILES string of the molecule is Cc1ccc(NC(=O)CCCn2nc(-c3ccc(Br)cc3)ccc2=O)cc1. The number of benzene rings is 2. The van der Waals surface area contributed by atoms with Crippen LogP contribution >= 0.6 is 15.9 Å².